The summed E-state index contributed by atoms with van der Waals surface area (Å²) >= 11 is 5.87. The van der Waals surface area contributed by atoms with Crippen molar-refractivity contribution in [2.45, 2.75) is 11.1 Å². The van der Waals surface area contributed by atoms with Crippen LogP contribution in [0.15, 0.2) is 64.6 Å². The van der Waals surface area contributed by atoms with Gasteiger partial charge in [0, 0.05) is 10.3 Å². The molecule has 10 heteroatoms. The lowest BCUT2D eigenvalue weighted by Gasteiger charge is -2.10. The zero-order valence-corrected chi connectivity index (χ0v) is 15.8. The molecule has 1 heterocycles. The monoisotopic (exact) mass is 421 g/mol. The van der Waals surface area contributed by atoms with Gasteiger partial charge in [0.15, 0.2) is 5.11 Å². The van der Waals surface area contributed by atoms with Gasteiger partial charge in [0.2, 0.25) is 0 Å². The molecule has 0 bridgehead atoms. The molecule has 0 aliphatic heterocycles. The second kappa shape index (κ2) is 8.44. The number of para-hydroxylation sites is 1. The van der Waals surface area contributed by atoms with Crippen LogP contribution in [0.25, 0.3) is 10.9 Å². The fourth-order valence-corrected chi connectivity index (χ4v) is 3.02. The first kappa shape index (κ1) is 19.9. The number of anilines is 1. The van der Waals surface area contributed by atoms with E-state index in [1.54, 1.807) is 6.07 Å². The average molecular weight is 421 g/mol. The number of nitrogens with zero attached hydrogens (tertiary/aromatic N) is 2. The molecule has 0 atom stereocenters. The molecule has 2 aromatic carbocycles. The third kappa shape index (κ3) is 5.11. The van der Waals surface area contributed by atoms with Crippen molar-refractivity contribution in [3.05, 3.63) is 65.9 Å². The van der Waals surface area contributed by atoms with Crippen LogP contribution in [0.1, 0.15) is 11.3 Å². The standard InChI is InChI=1S/C18H14F3N5S2/c19-18(20,21)12-5-8-14(9-6-12)28-26-15-3-1-2-11-4-7-13(24-16(11)15)10-23-25-17(22)27/h1-10,26H,(H3,22,25,27)/b23-10+. The molecule has 144 valence electrons. The van der Waals surface area contributed by atoms with E-state index in [2.05, 4.69) is 32.5 Å². The Kier molecular flexibility index (Phi) is 6.00. The first-order valence-corrected chi connectivity index (χ1v) is 9.14. The van der Waals surface area contributed by atoms with Gasteiger partial charge in [0.05, 0.1) is 28.7 Å². The van der Waals surface area contributed by atoms with Gasteiger partial charge in [0.25, 0.3) is 0 Å². The number of hydrogen-bond acceptors (Lipinski definition) is 5. The van der Waals surface area contributed by atoms with Crippen LogP contribution < -0.4 is 15.9 Å². The summed E-state index contributed by atoms with van der Waals surface area (Å²) < 4.78 is 41.1. The van der Waals surface area contributed by atoms with E-state index in [4.69, 9.17) is 5.73 Å². The van der Waals surface area contributed by atoms with Crippen molar-refractivity contribution in [3.8, 4) is 0 Å². The van der Waals surface area contributed by atoms with Crippen molar-refractivity contribution in [2.75, 3.05) is 4.72 Å². The number of hydrogen-bond donors (Lipinski definition) is 3. The Morgan fingerprint density at radius 1 is 1.11 bits per heavy atom. The van der Waals surface area contributed by atoms with Crippen LogP contribution in [0.5, 0.6) is 0 Å². The SMILES string of the molecule is NC(=S)N/N=C/c1ccc2cccc(NSc3ccc(C(F)(F)F)cc3)c2n1. The molecule has 0 saturated carbocycles. The lowest BCUT2D eigenvalue weighted by molar-refractivity contribution is -0.137. The number of nitrogens with one attached hydrogen (secondary N) is 2. The summed E-state index contributed by atoms with van der Waals surface area (Å²) in [6.45, 7) is 0. The lowest BCUT2D eigenvalue weighted by atomic mass is 10.2. The topological polar surface area (TPSA) is 75.3 Å². The van der Waals surface area contributed by atoms with Crippen molar-refractivity contribution in [1.29, 1.82) is 0 Å². The summed E-state index contributed by atoms with van der Waals surface area (Å²) in [4.78, 5) is 5.17. The van der Waals surface area contributed by atoms with E-state index in [1.807, 2.05) is 24.3 Å². The summed E-state index contributed by atoms with van der Waals surface area (Å²) in [5.41, 5.74) is 9.09. The van der Waals surface area contributed by atoms with Crippen LogP contribution in [-0.2, 0) is 6.18 Å². The number of nitrogens with two attached hydrogens (primary N) is 1. The predicted octanol–water partition coefficient (Wildman–Crippen LogP) is 4.54. The molecule has 0 aliphatic carbocycles. The van der Waals surface area contributed by atoms with Gasteiger partial charge in [-0.1, -0.05) is 18.2 Å². The number of hydrazone groups is 1. The third-order valence-electron chi connectivity index (χ3n) is 3.57. The minimum absolute atomic E-state index is 0.0485. The van der Waals surface area contributed by atoms with Gasteiger partial charge in [-0.05, 0) is 60.6 Å². The number of fused-ring (bicyclic) bond motifs is 1. The minimum Gasteiger partial charge on any atom is -0.375 e. The largest absolute Gasteiger partial charge is 0.416 e. The highest BCUT2D eigenvalue weighted by Gasteiger charge is 2.29. The van der Waals surface area contributed by atoms with Crippen molar-refractivity contribution < 1.29 is 13.2 Å². The number of halogens is 3. The van der Waals surface area contributed by atoms with Crippen LogP contribution in [0.4, 0.5) is 18.9 Å². The quantitative estimate of drug-likeness (QED) is 0.243. The maximum atomic E-state index is 12.7. The van der Waals surface area contributed by atoms with Crippen LogP contribution in [0, 0.1) is 0 Å². The summed E-state index contributed by atoms with van der Waals surface area (Å²) in [6, 6.07) is 14.2. The van der Waals surface area contributed by atoms with Crippen molar-refractivity contribution >= 4 is 52.1 Å². The van der Waals surface area contributed by atoms with E-state index in [0.29, 0.717) is 16.1 Å². The van der Waals surface area contributed by atoms with Crippen molar-refractivity contribution in [3.63, 3.8) is 0 Å². The van der Waals surface area contributed by atoms with Crippen LogP contribution in [0.3, 0.4) is 0 Å². The number of benzene rings is 2. The van der Waals surface area contributed by atoms with E-state index in [1.165, 1.54) is 30.3 Å². The molecule has 3 aromatic rings. The van der Waals surface area contributed by atoms with Gasteiger partial charge in [-0.25, -0.2) is 4.98 Å². The first-order valence-electron chi connectivity index (χ1n) is 7.91. The van der Waals surface area contributed by atoms with Crippen LogP contribution >= 0.6 is 24.2 Å². The maximum Gasteiger partial charge on any atom is 0.416 e. The summed E-state index contributed by atoms with van der Waals surface area (Å²) in [7, 11) is 0. The molecule has 0 spiro atoms. The Labute approximate surface area is 168 Å². The highest BCUT2D eigenvalue weighted by molar-refractivity contribution is 8.00. The van der Waals surface area contributed by atoms with E-state index in [-0.39, 0.29) is 5.11 Å². The zero-order chi connectivity index (χ0) is 20.1. The zero-order valence-electron chi connectivity index (χ0n) is 14.2. The Balaban J connectivity index is 1.78. The third-order valence-corrected chi connectivity index (χ3v) is 4.49. The Hall–Kier alpha value is -2.85. The average Bonchev–Trinajstić information content (AvgIpc) is 2.65. The highest BCUT2D eigenvalue weighted by Crippen LogP contribution is 2.32. The van der Waals surface area contributed by atoms with Gasteiger partial charge < -0.3 is 10.5 Å². The van der Waals surface area contributed by atoms with E-state index < -0.39 is 11.7 Å². The van der Waals surface area contributed by atoms with Gasteiger partial charge in [-0.2, -0.15) is 18.3 Å². The number of pyridine rings is 1. The molecule has 28 heavy (non-hydrogen) atoms. The molecule has 0 saturated heterocycles. The first-order chi connectivity index (χ1) is 13.3. The number of aromatic nitrogens is 1. The molecule has 5 nitrogen and oxygen atoms in total. The molecule has 0 unspecified atom stereocenters. The highest BCUT2D eigenvalue weighted by atomic mass is 32.2. The van der Waals surface area contributed by atoms with Gasteiger partial charge >= 0.3 is 6.18 Å². The van der Waals surface area contributed by atoms with E-state index >= 15 is 0 Å². The minimum atomic E-state index is -4.35. The summed E-state index contributed by atoms with van der Waals surface area (Å²) in [5, 5.41) is 4.83. The Morgan fingerprint density at radius 2 is 1.86 bits per heavy atom. The van der Waals surface area contributed by atoms with Gasteiger partial charge in [-0.3, -0.25) is 5.43 Å². The second-order valence-electron chi connectivity index (χ2n) is 5.57. The molecule has 4 N–H and O–H groups in total. The smallest absolute Gasteiger partial charge is 0.375 e. The summed E-state index contributed by atoms with van der Waals surface area (Å²) in [6.07, 6.45) is -2.87. The van der Waals surface area contributed by atoms with Gasteiger partial charge in [0.1, 0.15) is 0 Å². The molecule has 3 rings (SSSR count). The molecule has 0 fully saturated rings. The lowest BCUT2D eigenvalue weighted by Crippen LogP contribution is -2.24. The van der Waals surface area contributed by atoms with Gasteiger partial charge in [-0.15, -0.1) is 0 Å². The van der Waals surface area contributed by atoms with Crippen LogP contribution in [-0.4, -0.2) is 16.3 Å². The van der Waals surface area contributed by atoms with Crippen LogP contribution in [0.2, 0.25) is 0 Å². The molecule has 0 aliphatic rings. The van der Waals surface area contributed by atoms with Crippen molar-refractivity contribution in [1.82, 2.24) is 10.4 Å². The molecule has 1 aromatic heterocycles. The molecular formula is C18H14F3N5S2. The molecular weight excluding hydrogens is 407 g/mol. The number of thiocarbonyl (C=S) groups is 1. The molecule has 0 amide bonds. The number of alkyl halides is 3. The van der Waals surface area contributed by atoms with Crippen molar-refractivity contribution in [2.24, 2.45) is 10.8 Å². The Bertz CT molecular complexity index is 1020. The fourth-order valence-electron chi connectivity index (χ4n) is 2.30. The Morgan fingerprint density at radius 3 is 2.54 bits per heavy atom. The second-order valence-corrected chi connectivity index (χ2v) is 6.89. The van der Waals surface area contributed by atoms with E-state index in [9.17, 15) is 13.2 Å². The predicted molar refractivity (Wildman–Crippen MR) is 110 cm³/mol. The maximum absolute atomic E-state index is 12.7. The summed E-state index contributed by atoms with van der Waals surface area (Å²) in [5.74, 6) is 0. The normalized spacial score (nSPS) is 11.7. The number of rotatable bonds is 5. The fraction of sp³-hybridized carbons (Fsp3) is 0.0556. The molecule has 0 radical (unpaired) electrons. The van der Waals surface area contributed by atoms with E-state index in [0.717, 1.165) is 23.2 Å².